The van der Waals surface area contributed by atoms with Gasteiger partial charge in [-0.05, 0) is 29.6 Å². The summed E-state index contributed by atoms with van der Waals surface area (Å²) >= 11 is 0. The molecule has 0 fully saturated rings. The monoisotopic (exact) mass is 268 g/mol. The molecule has 0 radical (unpaired) electrons. The Bertz CT molecular complexity index is 616. The first-order chi connectivity index (χ1) is 9.47. The largest absolute Gasteiger partial charge is 0.244 e. The lowest BCUT2D eigenvalue weighted by molar-refractivity contribution is 0.304. The van der Waals surface area contributed by atoms with Crippen molar-refractivity contribution in [2.45, 2.75) is 27.7 Å². The molecule has 1 aromatic carbocycles. The standard InChI is InChI=1S/C17H20N2O/c1-13-16(19-20-18-13)12-15(17(2,3)4)11-10-14-8-6-5-7-9-14/h5-12H,1-4H3/b11-10+,15-12-. The molecule has 0 bridgehead atoms. The first-order valence-corrected chi connectivity index (χ1v) is 6.71. The lowest BCUT2D eigenvalue weighted by atomic mass is 9.85. The van der Waals surface area contributed by atoms with Gasteiger partial charge in [-0.3, -0.25) is 0 Å². The molecule has 1 aromatic heterocycles. The second kappa shape index (κ2) is 5.87. The Morgan fingerprint density at radius 1 is 1.10 bits per heavy atom. The Labute approximate surface area is 120 Å². The molecule has 0 amide bonds. The van der Waals surface area contributed by atoms with Crippen molar-refractivity contribution in [1.82, 2.24) is 10.3 Å². The molecule has 104 valence electrons. The number of rotatable bonds is 3. The van der Waals surface area contributed by atoms with Gasteiger partial charge in [-0.25, -0.2) is 4.63 Å². The molecule has 1 heterocycles. The van der Waals surface area contributed by atoms with Crippen LogP contribution in [0.2, 0.25) is 0 Å². The molecular weight excluding hydrogens is 248 g/mol. The van der Waals surface area contributed by atoms with E-state index in [4.69, 9.17) is 4.63 Å². The second-order valence-electron chi connectivity index (χ2n) is 5.83. The van der Waals surface area contributed by atoms with Gasteiger partial charge in [-0.2, -0.15) is 0 Å². The van der Waals surface area contributed by atoms with Crippen LogP contribution in [0.4, 0.5) is 0 Å². The van der Waals surface area contributed by atoms with Crippen LogP contribution in [0.15, 0.2) is 46.6 Å². The van der Waals surface area contributed by atoms with Crippen LogP contribution >= 0.6 is 0 Å². The summed E-state index contributed by atoms with van der Waals surface area (Å²) in [4.78, 5) is 0. The maximum absolute atomic E-state index is 4.75. The van der Waals surface area contributed by atoms with Crippen molar-refractivity contribution in [2.24, 2.45) is 5.41 Å². The van der Waals surface area contributed by atoms with E-state index in [9.17, 15) is 0 Å². The molecule has 3 heteroatoms. The maximum Gasteiger partial charge on any atom is 0.131 e. The highest BCUT2D eigenvalue weighted by molar-refractivity contribution is 5.61. The summed E-state index contributed by atoms with van der Waals surface area (Å²) in [5, 5.41) is 7.74. The van der Waals surface area contributed by atoms with Gasteiger partial charge in [0.05, 0.1) is 0 Å². The van der Waals surface area contributed by atoms with Gasteiger partial charge >= 0.3 is 0 Å². The number of benzene rings is 1. The van der Waals surface area contributed by atoms with Gasteiger partial charge in [-0.15, -0.1) is 0 Å². The Morgan fingerprint density at radius 2 is 1.80 bits per heavy atom. The van der Waals surface area contributed by atoms with Gasteiger partial charge < -0.3 is 0 Å². The summed E-state index contributed by atoms with van der Waals surface area (Å²) in [5.74, 6) is 0. The quantitative estimate of drug-likeness (QED) is 0.768. The molecule has 0 saturated heterocycles. The third-order valence-corrected chi connectivity index (χ3v) is 3.10. The van der Waals surface area contributed by atoms with Gasteiger partial charge in [-0.1, -0.05) is 73.6 Å². The SMILES string of the molecule is Cc1nonc1/C=C(/C=C/c1ccccc1)C(C)(C)C. The van der Waals surface area contributed by atoms with Crippen molar-refractivity contribution in [3.63, 3.8) is 0 Å². The summed E-state index contributed by atoms with van der Waals surface area (Å²) in [5.41, 5.74) is 3.97. The Kier molecular flexibility index (Phi) is 4.18. The fourth-order valence-corrected chi connectivity index (χ4v) is 1.78. The zero-order chi connectivity index (χ0) is 14.6. The Morgan fingerprint density at radius 3 is 2.35 bits per heavy atom. The molecule has 0 unspecified atom stereocenters. The molecule has 3 nitrogen and oxygen atoms in total. The van der Waals surface area contributed by atoms with E-state index in [0.29, 0.717) is 0 Å². The van der Waals surface area contributed by atoms with Crippen molar-refractivity contribution in [1.29, 1.82) is 0 Å². The summed E-state index contributed by atoms with van der Waals surface area (Å²) < 4.78 is 4.75. The number of hydrogen-bond acceptors (Lipinski definition) is 3. The van der Waals surface area contributed by atoms with E-state index in [2.05, 4.69) is 55.4 Å². The third-order valence-electron chi connectivity index (χ3n) is 3.10. The number of nitrogens with zero attached hydrogens (tertiary/aromatic N) is 2. The van der Waals surface area contributed by atoms with Crippen molar-refractivity contribution in [3.05, 3.63) is 58.9 Å². The molecule has 0 saturated carbocycles. The molecular formula is C17H20N2O. The van der Waals surface area contributed by atoms with Gasteiger partial charge in [0.1, 0.15) is 11.4 Å². The lowest BCUT2D eigenvalue weighted by Crippen LogP contribution is -2.07. The predicted molar refractivity (Wildman–Crippen MR) is 81.9 cm³/mol. The number of hydrogen-bond donors (Lipinski definition) is 0. The van der Waals surface area contributed by atoms with Crippen LogP contribution in [0.1, 0.15) is 37.7 Å². The van der Waals surface area contributed by atoms with Crippen molar-refractivity contribution in [3.8, 4) is 0 Å². The number of aromatic nitrogens is 2. The van der Waals surface area contributed by atoms with Crippen molar-refractivity contribution in [2.75, 3.05) is 0 Å². The van der Waals surface area contributed by atoms with E-state index >= 15 is 0 Å². The summed E-state index contributed by atoms with van der Waals surface area (Å²) in [6.45, 7) is 8.43. The van der Waals surface area contributed by atoms with Crippen LogP contribution < -0.4 is 0 Å². The predicted octanol–water partition coefficient (Wildman–Crippen LogP) is 4.52. The van der Waals surface area contributed by atoms with E-state index in [1.807, 2.05) is 31.2 Å². The van der Waals surface area contributed by atoms with Gasteiger partial charge in [0.15, 0.2) is 0 Å². The van der Waals surface area contributed by atoms with E-state index in [0.717, 1.165) is 11.4 Å². The van der Waals surface area contributed by atoms with Crippen LogP contribution in [0, 0.1) is 12.3 Å². The summed E-state index contributed by atoms with van der Waals surface area (Å²) in [6.07, 6.45) is 6.27. The highest BCUT2D eigenvalue weighted by atomic mass is 16.6. The highest BCUT2D eigenvalue weighted by Crippen LogP contribution is 2.29. The fraction of sp³-hybridized carbons (Fsp3) is 0.294. The average Bonchev–Trinajstić information content (AvgIpc) is 2.80. The van der Waals surface area contributed by atoms with Gasteiger partial charge in [0.2, 0.25) is 0 Å². The topological polar surface area (TPSA) is 38.9 Å². The van der Waals surface area contributed by atoms with E-state index in [1.165, 1.54) is 11.1 Å². The highest BCUT2D eigenvalue weighted by Gasteiger charge is 2.16. The molecule has 0 atom stereocenters. The van der Waals surface area contributed by atoms with E-state index in [1.54, 1.807) is 0 Å². The van der Waals surface area contributed by atoms with Crippen LogP contribution in [0.25, 0.3) is 12.2 Å². The molecule has 20 heavy (non-hydrogen) atoms. The smallest absolute Gasteiger partial charge is 0.131 e. The van der Waals surface area contributed by atoms with Crippen LogP contribution in [0.5, 0.6) is 0 Å². The molecule has 2 aromatic rings. The Hall–Kier alpha value is -2.16. The van der Waals surface area contributed by atoms with E-state index in [-0.39, 0.29) is 5.41 Å². The van der Waals surface area contributed by atoms with Crippen molar-refractivity contribution < 1.29 is 4.63 Å². The van der Waals surface area contributed by atoms with Gasteiger partial charge in [0, 0.05) is 0 Å². The molecule has 0 aliphatic heterocycles. The number of aryl methyl sites for hydroxylation is 1. The summed E-state index contributed by atoms with van der Waals surface area (Å²) in [7, 11) is 0. The lowest BCUT2D eigenvalue weighted by Gasteiger charge is -2.20. The minimum absolute atomic E-state index is 0.0245. The first-order valence-electron chi connectivity index (χ1n) is 6.71. The zero-order valence-corrected chi connectivity index (χ0v) is 12.4. The molecule has 0 spiro atoms. The maximum atomic E-state index is 4.75. The van der Waals surface area contributed by atoms with Crippen LogP contribution in [-0.4, -0.2) is 10.3 Å². The zero-order valence-electron chi connectivity index (χ0n) is 12.4. The second-order valence-corrected chi connectivity index (χ2v) is 5.83. The van der Waals surface area contributed by atoms with Gasteiger partial charge in [0.25, 0.3) is 0 Å². The minimum atomic E-state index is 0.0245. The summed E-state index contributed by atoms with van der Waals surface area (Å²) in [6, 6.07) is 10.2. The molecule has 2 rings (SSSR count). The van der Waals surface area contributed by atoms with Crippen LogP contribution in [0.3, 0.4) is 0 Å². The average molecular weight is 268 g/mol. The third kappa shape index (κ3) is 3.67. The number of allylic oxidation sites excluding steroid dienone is 2. The molecule has 0 aliphatic carbocycles. The van der Waals surface area contributed by atoms with Crippen LogP contribution in [-0.2, 0) is 0 Å². The van der Waals surface area contributed by atoms with Crippen molar-refractivity contribution >= 4 is 12.2 Å². The van der Waals surface area contributed by atoms with E-state index < -0.39 is 0 Å². The Balaban J connectivity index is 2.33. The normalized spacial score (nSPS) is 13.1. The minimum Gasteiger partial charge on any atom is -0.244 e. The fourth-order valence-electron chi connectivity index (χ4n) is 1.78. The molecule has 0 N–H and O–H groups in total. The molecule has 0 aliphatic rings. The first kappa shape index (κ1) is 14.3.